The maximum Gasteiger partial charge on any atom is 0.123 e. The molecule has 1 aliphatic rings. The minimum atomic E-state index is -0.597. The second-order valence-electron chi connectivity index (χ2n) is 4.60. The van der Waals surface area contributed by atoms with Crippen molar-refractivity contribution in [3.8, 4) is 5.75 Å². The van der Waals surface area contributed by atoms with Crippen LogP contribution in [0.15, 0.2) is 18.2 Å². The van der Waals surface area contributed by atoms with Crippen molar-refractivity contribution in [3.05, 3.63) is 29.6 Å². The van der Waals surface area contributed by atoms with Crippen LogP contribution in [0.5, 0.6) is 5.75 Å². The Morgan fingerprint density at radius 3 is 2.75 bits per heavy atom. The van der Waals surface area contributed by atoms with Gasteiger partial charge >= 0.3 is 0 Å². The lowest BCUT2D eigenvalue weighted by atomic mass is 9.96. The summed E-state index contributed by atoms with van der Waals surface area (Å²) in [4.78, 5) is 2.05. The first-order valence-corrected chi connectivity index (χ1v) is 5.27. The second kappa shape index (κ2) is 4.03. The van der Waals surface area contributed by atoms with Crippen LogP contribution in [0.1, 0.15) is 12.5 Å². The van der Waals surface area contributed by atoms with Crippen molar-refractivity contribution in [2.75, 3.05) is 20.2 Å². The third-order valence-corrected chi connectivity index (χ3v) is 2.76. The van der Waals surface area contributed by atoms with E-state index in [0.29, 0.717) is 25.4 Å². The van der Waals surface area contributed by atoms with Gasteiger partial charge in [-0.05, 0) is 25.1 Å². The summed E-state index contributed by atoms with van der Waals surface area (Å²) < 4.78 is 18.3. The van der Waals surface area contributed by atoms with Gasteiger partial charge in [-0.3, -0.25) is 4.90 Å². The van der Waals surface area contributed by atoms with Crippen molar-refractivity contribution in [2.45, 2.75) is 19.1 Å². The molecule has 4 heteroatoms. The molecule has 0 radical (unpaired) electrons. The van der Waals surface area contributed by atoms with Gasteiger partial charge in [0.1, 0.15) is 11.6 Å². The number of halogens is 1. The number of aliphatic hydroxyl groups is 1. The second-order valence-corrected chi connectivity index (χ2v) is 4.60. The Morgan fingerprint density at radius 1 is 1.50 bits per heavy atom. The predicted octanol–water partition coefficient (Wildman–Crippen LogP) is 1.40. The number of nitrogens with zero attached hydrogens (tertiary/aromatic N) is 1. The summed E-state index contributed by atoms with van der Waals surface area (Å²) in [5.74, 6) is 0.427. The van der Waals surface area contributed by atoms with Crippen LogP contribution < -0.4 is 4.74 Å². The van der Waals surface area contributed by atoms with Crippen LogP contribution in [0.2, 0.25) is 0 Å². The Labute approximate surface area is 94.4 Å². The lowest BCUT2D eigenvalue weighted by Gasteiger charge is -2.44. The maximum atomic E-state index is 13.1. The number of β-amino-alcohol motifs (C(OH)–C–C–N with tert-alkyl or cyclic N) is 1. The molecule has 0 unspecified atom stereocenters. The average Bonchev–Trinajstić information content (AvgIpc) is 2.15. The maximum absolute atomic E-state index is 13.1. The topological polar surface area (TPSA) is 32.7 Å². The van der Waals surface area contributed by atoms with E-state index in [1.807, 2.05) is 0 Å². The highest BCUT2D eigenvalue weighted by atomic mass is 19.1. The molecule has 2 rings (SSSR count). The van der Waals surface area contributed by atoms with Gasteiger partial charge in [0.25, 0.3) is 0 Å². The van der Waals surface area contributed by atoms with Crippen LogP contribution in [0.4, 0.5) is 4.39 Å². The normalized spacial score (nSPS) is 19.2. The number of methoxy groups -OCH3 is 1. The lowest BCUT2D eigenvalue weighted by Crippen LogP contribution is -2.59. The van der Waals surface area contributed by atoms with E-state index in [1.165, 1.54) is 12.1 Å². The lowest BCUT2D eigenvalue weighted by molar-refractivity contribution is -0.0873. The zero-order valence-corrected chi connectivity index (χ0v) is 9.53. The largest absolute Gasteiger partial charge is 0.496 e. The Bertz CT molecular complexity index is 385. The molecule has 0 aromatic heterocycles. The molecule has 0 spiro atoms. The number of benzene rings is 1. The molecule has 0 aliphatic carbocycles. The van der Waals surface area contributed by atoms with E-state index in [9.17, 15) is 9.50 Å². The molecule has 3 nitrogen and oxygen atoms in total. The van der Waals surface area contributed by atoms with Crippen LogP contribution in [0, 0.1) is 5.82 Å². The zero-order chi connectivity index (χ0) is 11.8. The van der Waals surface area contributed by atoms with E-state index < -0.39 is 5.60 Å². The molecule has 0 atom stereocenters. The highest BCUT2D eigenvalue weighted by Gasteiger charge is 2.36. The number of hydrogen-bond acceptors (Lipinski definition) is 3. The van der Waals surface area contributed by atoms with Crippen molar-refractivity contribution in [2.24, 2.45) is 0 Å². The molecule has 1 fully saturated rings. The third-order valence-electron chi connectivity index (χ3n) is 2.76. The van der Waals surface area contributed by atoms with Gasteiger partial charge in [0.15, 0.2) is 0 Å². The Hall–Kier alpha value is -1.13. The number of rotatable bonds is 3. The van der Waals surface area contributed by atoms with Gasteiger partial charge in [0, 0.05) is 25.2 Å². The first-order valence-electron chi connectivity index (χ1n) is 5.27. The van der Waals surface area contributed by atoms with Crippen LogP contribution >= 0.6 is 0 Å². The molecule has 1 N–H and O–H groups in total. The molecule has 88 valence electrons. The first-order chi connectivity index (χ1) is 7.50. The summed E-state index contributed by atoms with van der Waals surface area (Å²) in [6, 6.07) is 4.49. The van der Waals surface area contributed by atoms with Crippen LogP contribution in [-0.4, -0.2) is 35.8 Å². The molecule has 1 aliphatic heterocycles. The van der Waals surface area contributed by atoms with E-state index in [0.717, 1.165) is 5.56 Å². The fraction of sp³-hybridized carbons (Fsp3) is 0.500. The summed E-state index contributed by atoms with van der Waals surface area (Å²) >= 11 is 0. The average molecular weight is 225 g/mol. The van der Waals surface area contributed by atoms with Crippen LogP contribution in [0.25, 0.3) is 0 Å². The Kier molecular flexibility index (Phi) is 2.86. The third kappa shape index (κ3) is 2.33. The van der Waals surface area contributed by atoms with Gasteiger partial charge in [0.2, 0.25) is 0 Å². The van der Waals surface area contributed by atoms with Gasteiger partial charge in [-0.2, -0.15) is 0 Å². The number of hydrogen-bond donors (Lipinski definition) is 1. The first kappa shape index (κ1) is 11.4. The Balaban J connectivity index is 2.06. The van der Waals surface area contributed by atoms with Gasteiger partial charge < -0.3 is 9.84 Å². The summed E-state index contributed by atoms with van der Waals surface area (Å²) in [5.41, 5.74) is 0.221. The number of ether oxygens (including phenoxy) is 1. The molecule has 1 aromatic carbocycles. The minimum absolute atomic E-state index is 0.261. The molecule has 0 bridgehead atoms. The minimum Gasteiger partial charge on any atom is -0.496 e. The zero-order valence-electron chi connectivity index (χ0n) is 9.53. The molecule has 0 amide bonds. The van der Waals surface area contributed by atoms with Crippen molar-refractivity contribution in [3.63, 3.8) is 0 Å². The van der Waals surface area contributed by atoms with E-state index >= 15 is 0 Å². The fourth-order valence-corrected chi connectivity index (χ4v) is 2.14. The van der Waals surface area contributed by atoms with Gasteiger partial charge in [-0.1, -0.05) is 0 Å². The van der Waals surface area contributed by atoms with Crippen molar-refractivity contribution >= 4 is 0 Å². The quantitative estimate of drug-likeness (QED) is 0.844. The van der Waals surface area contributed by atoms with Gasteiger partial charge in [-0.25, -0.2) is 4.39 Å². The monoisotopic (exact) mass is 225 g/mol. The Morgan fingerprint density at radius 2 is 2.19 bits per heavy atom. The molecular weight excluding hydrogens is 209 g/mol. The van der Waals surface area contributed by atoms with Crippen LogP contribution in [0.3, 0.4) is 0 Å². The van der Waals surface area contributed by atoms with Crippen LogP contribution in [-0.2, 0) is 6.54 Å². The van der Waals surface area contributed by atoms with Gasteiger partial charge in [0.05, 0.1) is 12.7 Å². The SMILES string of the molecule is COc1ccc(F)cc1CN1CC(C)(O)C1. The predicted molar refractivity (Wildman–Crippen MR) is 58.9 cm³/mol. The van der Waals surface area contributed by atoms with Crippen molar-refractivity contribution < 1.29 is 14.2 Å². The molecule has 1 aromatic rings. The van der Waals surface area contributed by atoms with E-state index in [2.05, 4.69) is 4.90 Å². The van der Waals surface area contributed by atoms with E-state index in [1.54, 1.807) is 20.1 Å². The summed E-state index contributed by atoms with van der Waals surface area (Å²) in [6.45, 7) is 3.64. The van der Waals surface area contributed by atoms with E-state index in [-0.39, 0.29) is 5.82 Å². The summed E-state index contributed by atoms with van der Waals surface area (Å²) in [5, 5.41) is 9.60. The van der Waals surface area contributed by atoms with Gasteiger partial charge in [-0.15, -0.1) is 0 Å². The summed E-state index contributed by atoms with van der Waals surface area (Å²) in [6.07, 6.45) is 0. The highest BCUT2D eigenvalue weighted by Crippen LogP contribution is 2.26. The van der Waals surface area contributed by atoms with E-state index in [4.69, 9.17) is 4.74 Å². The van der Waals surface area contributed by atoms with Crippen molar-refractivity contribution in [1.82, 2.24) is 4.90 Å². The molecular formula is C12H16FNO2. The highest BCUT2D eigenvalue weighted by molar-refractivity contribution is 5.34. The standard InChI is InChI=1S/C12H16FNO2/c1-12(15)7-14(8-12)6-9-5-10(13)3-4-11(9)16-2/h3-5,15H,6-8H2,1-2H3. The molecule has 1 heterocycles. The smallest absolute Gasteiger partial charge is 0.123 e. The number of likely N-dealkylation sites (tertiary alicyclic amines) is 1. The van der Waals surface area contributed by atoms with Crippen molar-refractivity contribution in [1.29, 1.82) is 0 Å². The fourth-order valence-electron chi connectivity index (χ4n) is 2.14. The molecule has 1 saturated heterocycles. The molecule has 16 heavy (non-hydrogen) atoms. The summed E-state index contributed by atoms with van der Waals surface area (Å²) in [7, 11) is 1.57. The molecule has 0 saturated carbocycles.